The second-order valence-electron chi connectivity index (χ2n) is 4.16. The first-order valence-corrected chi connectivity index (χ1v) is 6.40. The van der Waals surface area contributed by atoms with E-state index in [4.69, 9.17) is 0 Å². The van der Waals surface area contributed by atoms with E-state index in [1.165, 1.54) is 7.11 Å². The molecule has 0 unspecified atom stereocenters. The van der Waals surface area contributed by atoms with Gasteiger partial charge in [-0.3, -0.25) is 14.6 Å². The van der Waals surface area contributed by atoms with Crippen LogP contribution in [0.5, 0.6) is 0 Å². The molecule has 0 saturated heterocycles. The first-order valence-electron chi connectivity index (χ1n) is 6.40. The molecule has 1 aromatic heterocycles. The summed E-state index contributed by atoms with van der Waals surface area (Å²) >= 11 is 0. The highest BCUT2D eigenvalue weighted by Gasteiger charge is 2.13. The van der Waals surface area contributed by atoms with E-state index in [0.29, 0.717) is 25.9 Å². The minimum absolute atomic E-state index is 0.0585. The SMILES string of the molecule is CCN(CCC(=O)OC)C(=O)CCc1ccncc1. The van der Waals surface area contributed by atoms with E-state index in [1.54, 1.807) is 17.3 Å². The van der Waals surface area contributed by atoms with Crippen LogP contribution >= 0.6 is 0 Å². The molecule has 1 aromatic rings. The molecule has 0 aliphatic heterocycles. The first kappa shape index (κ1) is 15.1. The summed E-state index contributed by atoms with van der Waals surface area (Å²) in [4.78, 5) is 28.7. The van der Waals surface area contributed by atoms with E-state index in [1.807, 2.05) is 19.1 Å². The molecule has 0 bridgehead atoms. The van der Waals surface area contributed by atoms with E-state index in [0.717, 1.165) is 5.56 Å². The largest absolute Gasteiger partial charge is 0.469 e. The second-order valence-corrected chi connectivity index (χ2v) is 4.16. The van der Waals surface area contributed by atoms with Crippen molar-refractivity contribution in [3.8, 4) is 0 Å². The van der Waals surface area contributed by atoms with E-state index >= 15 is 0 Å². The normalized spacial score (nSPS) is 10.0. The van der Waals surface area contributed by atoms with Crippen LogP contribution in [0.4, 0.5) is 0 Å². The predicted molar refractivity (Wildman–Crippen MR) is 71.4 cm³/mol. The van der Waals surface area contributed by atoms with Crippen molar-refractivity contribution < 1.29 is 14.3 Å². The van der Waals surface area contributed by atoms with Crippen molar-refractivity contribution >= 4 is 11.9 Å². The van der Waals surface area contributed by atoms with Crippen LogP contribution in [0.3, 0.4) is 0 Å². The molecular weight excluding hydrogens is 244 g/mol. The summed E-state index contributed by atoms with van der Waals surface area (Å²) in [5, 5.41) is 0. The Morgan fingerprint density at radius 3 is 2.53 bits per heavy atom. The fourth-order valence-electron chi connectivity index (χ4n) is 1.75. The van der Waals surface area contributed by atoms with E-state index in [9.17, 15) is 9.59 Å². The summed E-state index contributed by atoms with van der Waals surface area (Å²) in [7, 11) is 1.35. The number of hydrogen-bond acceptors (Lipinski definition) is 4. The van der Waals surface area contributed by atoms with Crippen molar-refractivity contribution in [3.05, 3.63) is 30.1 Å². The third kappa shape index (κ3) is 5.50. The molecule has 0 aromatic carbocycles. The van der Waals surface area contributed by atoms with Crippen LogP contribution in [0.1, 0.15) is 25.3 Å². The number of nitrogens with zero attached hydrogens (tertiary/aromatic N) is 2. The number of esters is 1. The van der Waals surface area contributed by atoms with E-state index in [-0.39, 0.29) is 18.3 Å². The summed E-state index contributed by atoms with van der Waals surface area (Å²) in [5.74, 6) is -0.233. The molecule has 1 heterocycles. The molecule has 0 saturated carbocycles. The smallest absolute Gasteiger partial charge is 0.307 e. The lowest BCUT2D eigenvalue weighted by Gasteiger charge is -2.20. The molecule has 5 nitrogen and oxygen atoms in total. The van der Waals surface area contributed by atoms with Gasteiger partial charge in [0.1, 0.15) is 0 Å². The van der Waals surface area contributed by atoms with Crippen LogP contribution in [-0.2, 0) is 20.7 Å². The third-order valence-electron chi connectivity index (χ3n) is 2.92. The predicted octanol–water partition coefficient (Wildman–Crippen LogP) is 1.43. The second kappa shape index (κ2) is 8.24. The highest BCUT2D eigenvalue weighted by Crippen LogP contribution is 2.04. The van der Waals surface area contributed by atoms with Crippen molar-refractivity contribution in [1.29, 1.82) is 0 Å². The van der Waals surface area contributed by atoms with Crippen molar-refractivity contribution in [3.63, 3.8) is 0 Å². The fourth-order valence-corrected chi connectivity index (χ4v) is 1.75. The van der Waals surface area contributed by atoms with Crippen molar-refractivity contribution in [2.24, 2.45) is 0 Å². The first-order chi connectivity index (χ1) is 9.17. The third-order valence-corrected chi connectivity index (χ3v) is 2.92. The molecular formula is C14H20N2O3. The highest BCUT2D eigenvalue weighted by atomic mass is 16.5. The Hall–Kier alpha value is -1.91. The minimum Gasteiger partial charge on any atom is -0.469 e. The number of hydrogen-bond donors (Lipinski definition) is 0. The number of carbonyl (C=O) groups excluding carboxylic acids is 2. The number of aryl methyl sites for hydroxylation is 1. The zero-order chi connectivity index (χ0) is 14.1. The van der Waals surface area contributed by atoms with Gasteiger partial charge in [0.15, 0.2) is 0 Å². The van der Waals surface area contributed by atoms with Gasteiger partial charge in [0.25, 0.3) is 0 Å². The molecule has 0 spiro atoms. The Bertz CT molecular complexity index is 406. The average molecular weight is 264 g/mol. The Labute approximate surface area is 113 Å². The van der Waals surface area contributed by atoms with Crippen molar-refractivity contribution in [2.45, 2.75) is 26.2 Å². The van der Waals surface area contributed by atoms with Gasteiger partial charge in [-0.1, -0.05) is 0 Å². The topological polar surface area (TPSA) is 59.5 Å². The van der Waals surface area contributed by atoms with Crippen LogP contribution in [0.15, 0.2) is 24.5 Å². The molecule has 0 fully saturated rings. The molecule has 0 aliphatic carbocycles. The zero-order valence-electron chi connectivity index (χ0n) is 11.5. The number of carbonyl (C=O) groups is 2. The van der Waals surface area contributed by atoms with Crippen LogP contribution < -0.4 is 0 Å². The average Bonchev–Trinajstić information content (AvgIpc) is 2.46. The summed E-state index contributed by atoms with van der Waals surface area (Å²) < 4.78 is 4.57. The van der Waals surface area contributed by atoms with Gasteiger partial charge in [0, 0.05) is 31.9 Å². The Kier molecular flexibility index (Phi) is 6.57. The minimum atomic E-state index is -0.291. The van der Waals surface area contributed by atoms with Crippen LogP contribution in [0, 0.1) is 0 Å². The molecule has 19 heavy (non-hydrogen) atoms. The molecule has 1 rings (SSSR count). The van der Waals surface area contributed by atoms with E-state index < -0.39 is 0 Å². The van der Waals surface area contributed by atoms with Gasteiger partial charge in [-0.25, -0.2) is 0 Å². The van der Waals surface area contributed by atoms with Gasteiger partial charge in [-0.15, -0.1) is 0 Å². The summed E-state index contributed by atoms with van der Waals surface area (Å²) in [6, 6.07) is 3.80. The molecule has 0 N–H and O–H groups in total. The number of rotatable bonds is 7. The highest BCUT2D eigenvalue weighted by molar-refractivity contribution is 5.77. The van der Waals surface area contributed by atoms with Gasteiger partial charge < -0.3 is 9.64 Å². The van der Waals surface area contributed by atoms with Crippen molar-refractivity contribution in [2.75, 3.05) is 20.2 Å². The lowest BCUT2D eigenvalue weighted by molar-refractivity contribution is -0.141. The Balaban J connectivity index is 2.39. The Morgan fingerprint density at radius 1 is 1.26 bits per heavy atom. The molecule has 0 radical (unpaired) electrons. The van der Waals surface area contributed by atoms with Crippen LogP contribution in [0.25, 0.3) is 0 Å². The lowest BCUT2D eigenvalue weighted by atomic mass is 10.1. The monoisotopic (exact) mass is 264 g/mol. The molecule has 1 amide bonds. The maximum atomic E-state index is 12.0. The Morgan fingerprint density at radius 2 is 1.95 bits per heavy atom. The van der Waals surface area contributed by atoms with Gasteiger partial charge in [0.2, 0.25) is 5.91 Å². The van der Waals surface area contributed by atoms with Gasteiger partial charge in [-0.2, -0.15) is 0 Å². The maximum Gasteiger partial charge on any atom is 0.307 e. The standard InChI is InChI=1S/C14H20N2O3/c1-3-16(11-8-14(18)19-2)13(17)5-4-12-6-9-15-10-7-12/h6-7,9-10H,3-5,8,11H2,1-2H3. The number of amides is 1. The molecule has 0 atom stereocenters. The summed E-state index contributed by atoms with van der Waals surface area (Å²) in [6.45, 7) is 2.92. The fraction of sp³-hybridized carbons (Fsp3) is 0.500. The number of pyridine rings is 1. The maximum absolute atomic E-state index is 12.0. The summed E-state index contributed by atoms with van der Waals surface area (Å²) in [5.41, 5.74) is 1.09. The van der Waals surface area contributed by atoms with Gasteiger partial charge in [-0.05, 0) is 31.0 Å². The van der Waals surface area contributed by atoms with Gasteiger partial charge >= 0.3 is 5.97 Å². The van der Waals surface area contributed by atoms with E-state index in [2.05, 4.69) is 9.72 Å². The van der Waals surface area contributed by atoms with Gasteiger partial charge in [0.05, 0.1) is 13.5 Å². The number of aromatic nitrogens is 1. The zero-order valence-corrected chi connectivity index (χ0v) is 11.5. The molecule has 5 heteroatoms. The van der Waals surface area contributed by atoms with Crippen molar-refractivity contribution in [1.82, 2.24) is 9.88 Å². The quantitative estimate of drug-likeness (QED) is 0.699. The number of methoxy groups -OCH3 is 1. The lowest BCUT2D eigenvalue weighted by Crippen LogP contribution is -2.33. The summed E-state index contributed by atoms with van der Waals surface area (Å²) in [6.07, 6.45) is 4.81. The number of ether oxygens (including phenoxy) is 1. The van der Waals surface area contributed by atoms with Crippen LogP contribution in [0.2, 0.25) is 0 Å². The molecule has 104 valence electrons. The molecule has 0 aliphatic rings. The van der Waals surface area contributed by atoms with Crippen LogP contribution in [-0.4, -0.2) is 42.0 Å².